The number of rotatable bonds is 3. The van der Waals surface area contributed by atoms with Gasteiger partial charge in [0.2, 0.25) is 0 Å². The second-order valence-corrected chi connectivity index (χ2v) is 4.21. The first-order chi connectivity index (χ1) is 8.54. The number of benzene rings is 1. The van der Waals surface area contributed by atoms with E-state index in [2.05, 4.69) is 5.10 Å². The Balaban J connectivity index is 2.55. The molecule has 1 heterocycles. The molecule has 1 aromatic carbocycles. The van der Waals surface area contributed by atoms with E-state index in [1.165, 1.54) is 6.07 Å². The van der Waals surface area contributed by atoms with Gasteiger partial charge in [-0.15, -0.1) is 0 Å². The Morgan fingerprint density at radius 2 is 2.00 bits per heavy atom. The van der Waals surface area contributed by atoms with Crippen molar-refractivity contribution < 1.29 is 8.78 Å². The molecular formula is C13H15F2N3. The van der Waals surface area contributed by atoms with Gasteiger partial charge in [-0.25, -0.2) is 8.78 Å². The molecule has 0 atom stereocenters. The highest BCUT2D eigenvalue weighted by atomic mass is 19.2. The Bertz CT molecular complexity index is 576. The van der Waals surface area contributed by atoms with Crippen LogP contribution in [0.1, 0.15) is 18.9 Å². The molecule has 0 unspecified atom stereocenters. The molecule has 0 saturated heterocycles. The summed E-state index contributed by atoms with van der Waals surface area (Å²) >= 11 is 0. The molecule has 2 N–H and O–H groups in total. The van der Waals surface area contributed by atoms with Gasteiger partial charge in [-0.1, -0.05) is 13.3 Å². The van der Waals surface area contributed by atoms with Crippen molar-refractivity contribution in [3.63, 3.8) is 0 Å². The quantitative estimate of drug-likeness (QED) is 0.911. The zero-order valence-corrected chi connectivity index (χ0v) is 10.4. The van der Waals surface area contributed by atoms with E-state index in [9.17, 15) is 8.78 Å². The van der Waals surface area contributed by atoms with Gasteiger partial charge in [0.25, 0.3) is 0 Å². The SMILES string of the molecule is CCCc1c(-c2ccc(F)c(F)c2)nn(C)c1N. The van der Waals surface area contributed by atoms with Crippen molar-refractivity contribution in [2.24, 2.45) is 7.05 Å². The second-order valence-electron chi connectivity index (χ2n) is 4.21. The maximum Gasteiger partial charge on any atom is 0.159 e. The van der Waals surface area contributed by atoms with Crippen molar-refractivity contribution in [2.75, 3.05) is 5.73 Å². The van der Waals surface area contributed by atoms with Crippen LogP contribution in [-0.2, 0) is 13.5 Å². The fourth-order valence-electron chi connectivity index (χ4n) is 1.95. The maximum atomic E-state index is 13.2. The Morgan fingerprint density at radius 1 is 1.28 bits per heavy atom. The molecule has 18 heavy (non-hydrogen) atoms. The predicted octanol–water partition coefficient (Wildman–Crippen LogP) is 2.90. The van der Waals surface area contributed by atoms with Crippen molar-refractivity contribution in [1.29, 1.82) is 0 Å². The fourth-order valence-corrected chi connectivity index (χ4v) is 1.95. The van der Waals surface area contributed by atoms with Crippen LogP contribution >= 0.6 is 0 Å². The van der Waals surface area contributed by atoms with Gasteiger partial charge in [0.05, 0.1) is 5.69 Å². The van der Waals surface area contributed by atoms with Crippen molar-refractivity contribution in [2.45, 2.75) is 19.8 Å². The molecule has 0 saturated carbocycles. The molecule has 0 fully saturated rings. The largest absolute Gasteiger partial charge is 0.384 e. The molecule has 1 aromatic heterocycles. The number of anilines is 1. The molecule has 0 spiro atoms. The first-order valence-electron chi connectivity index (χ1n) is 5.81. The van der Waals surface area contributed by atoms with Crippen LogP contribution in [0.3, 0.4) is 0 Å². The molecule has 96 valence electrons. The summed E-state index contributed by atoms with van der Waals surface area (Å²) in [4.78, 5) is 0. The lowest BCUT2D eigenvalue weighted by atomic mass is 10.0. The highest BCUT2D eigenvalue weighted by molar-refractivity contribution is 5.68. The highest BCUT2D eigenvalue weighted by Gasteiger charge is 2.16. The Morgan fingerprint density at radius 3 is 2.61 bits per heavy atom. The third kappa shape index (κ3) is 2.08. The molecule has 2 rings (SSSR count). The van der Waals surface area contributed by atoms with Gasteiger partial charge in [0.15, 0.2) is 11.6 Å². The second kappa shape index (κ2) is 4.76. The summed E-state index contributed by atoms with van der Waals surface area (Å²) < 4.78 is 27.7. The molecule has 0 aliphatic rings. The minimum absolute atomic E-state index is 0.546. The molecule has 3 nitrogen and oxygen atoms in total. The molecule has 0 aliphatic carbocycles. The van der Waals surface area contributed by atoms with Gasteiger partial charge in [0.1, 0.15) is 5.82 Å². The topological polar surface area (TPSA) is 43.8 Å². The Labute approximate surface area is 104 Å². The van der Waals surface area contributed by atoms with Gasteiger partial charge in [-0.05, 0) is 24.6 Å². The van der Waals surface area contributed by atoms with Crippen LogP contribution in [0.4, 0.5) is 14.6 Å². The van der Waals surface area contributed by atoms with Gasteiger partial charge < -0.3 is 5.73 Å². The number of aromatic nitrogens is 2. The van der Waals surface area contributed by atoms with E-state index in [0.717, 1.165) is 30.5 Å². The monoisotopic (exact) mass is 251 g/mol. The molecule has 0 bridgehead atoms. The van der Waals surface area contributed by atoms with E-state index in [-0.39, 0.29) is 0 Å². The van der Waals surface area contributed by atoms with Crippen LogP contribution < -0.4 is 5.73 Å². The average molecular weight is 251 g/mol. The van der Waals surface area contributed by atoms with Crippen LogP contribution in [-0.4, -0.2) is 9.78 Å². The fraction of sp³-hybridized carbons (Fsp3) is 0.308. The summed E-state index contributed by atoms with van der Waals surface area (Å²) in [7, 11) is 1.73. The third-order valence-electron chi connectivity index (χ3n) is 2.89. The molecule has 2 aromatic rings. The molecular weight excluding hydrogens is 236 g/mol. The predicted molar refractivity (Wildman–Crippen MR) is 67.0 cm³/mol. The molecule has 0 amide bonds. The summed E-state index contributed by atoms with van der Waals surface area (Å²) in [6.45, 7) is 2.03. The first-order valence-corrected chi connectivity index (χ1v) is 5.81. The van der Waals surface area contributed by atoms with E-state index >= 15 is 0 Å². The normalized spacial score (nSPS) is 10.9. The summed E-state index contributed by atoms with van der Waals surface area (Å²) in [6, 6.07) is 3.76. The zero-order valence-electron chi connectivity index (χ0n) is 10.4. The van der Waals surface area contributed by atoms with Crippen LogP contribution in [0.2, 0.25) is 0 Å². The van der Waals surface area contributed by atoms with E-state index in [0.29, 0.717) is 17.1 Å². The zero-order chi connectivity index (χ0) is 13.3. The highest BCUT2D eigenvalue weighted by Crippen LogP contribution is 2.28. The van der Waals surface area contributed by atoms with Gasteiger partial charge in [-0.3, -0.25) is 4.68 Å². The third-order valence-corrected chi connectivity index (χ3v) is 2.89. The maximum absolute atomic E-state index is 13.2. The number of aryl methyl sites for hydroxylation is 1. The number of hydrogen-bond donors (Lipinski definition) is 1. The minimum Gasteiger partial charge on any atom is -0.384 e. The van der Waals surface area contributed by atoms with E-state index in [1.807, 2.05) is 6.92 Å². The number of nitrogens with two attached hydrogens (primary N) is 1. The van der Waals surface area contributed by atoms with Gasteiger partial charge in [0, 0.05) is 18.2 Å². The number of nitrogens with zero attached hydrogens (tertiary/aromatic N) is 2. The van der Waals surface area contributed by atoms with Crippen molar-refractivity contribution in [1.82, 2.24) is 9.78 Å². The van der Waals surface area contributed by atoms with E-state index in [4.69, 9.17) is 5.73 Å². The lowest BCUT2D eigenvalue weighted by Gasteiger charge is -2.03. The first kappa shape index (κ1) is 12.5. The van der Waals surface area contributed by atoms with E-state index < -0.39 is 11.6 Å². The van der Waals surface area contributed by atoms with Crippen LogP contribution in [0.5, 0.6) is 0 Å². The molecule has 0 aliphatic heterocycles. The Kier molecular flexibility index (Phi) is 3.32. The smallest absolute Gasteiger partial charge is 0.159 e. The number of nitrogen functional groups attached to an aromatic ring is 1. The summed E-state index contributed by atoms with van der Waals surface area (Å²) in [5, 5.41) is 4.27. The number of hydrogen-bond acceptors (Lipinski definition) is 2. The van der Waals surface area contributed by atoms with Crippen molar-refractivity contribution in [3.8, 4) is 11.3 Å². The number of halogens is 2. The van der Waals surface area contributed by atoms with Gasteiger partial charge >= 0.3 is 0 Å². The van der Waals surface area contributed by atoms with Gasteiger partial charge in [-0.2, -0.15) is 5.10 Å². The summed E-state index contributed by atoms with van der Waals surface area (Å²) in [6.07, 6.45) is 1.67. The van der Waals surface area contributed by atoms with Crippen molar-refractivity contribution in [3.05, 3.63) is 35.4 Å². The van der Waals surface area contributed by atoms with Crippen LogP contribution in [0.25, 0.3) is 11.3 Å². The van der Waals surface area contributed by atoms with Crippen LogP contribution in [0, 0.1) is 11.6 Å². The minimum atomic E-state index is -0.876. The molecule has 5 heteroatoms. The average Bonchev–Trinajstić information content (AvgIpc) is 2.61. The summed E-state index contributed by atoms with van der Waals surface area (Å²) in [5.41, 5.74) is 7.98. The van der Waals surface area contributed by atoms with Crippen LogP contribution in [0.15, 0.2) is 18.2 Å². The van der Waals surface area contributed by atoms with Crippen molar-refractivity contribution >= 4 is 5.82 Å². The molecule has 0 radical (unpaired) electrons. The Hall–Kier alpha value is -1.91. The standard InChI is InChI=1S/C13H15F2N3/c1-3-4-9-12(17-18(2)13(9)16)8-5-6-10(14)11(15)7-8/h5-7H,3-4,16H2,1-2H3. The lowest BCUT2D eigenvalue weighted by Crippen LogP contribution is -1.99. The lowest BCUT2D eigenvalue weighted by molar-refractivity contribution is 0.509. The summed E-state index contributed by atoms with van der Waals surface area (Å²) in [5.74, 6) is -1.17. The van der Waals surface area contributed by atoms with E-state index in [1.54, 1.807) is 11.7 Å².